The third kappa shape index (κ3) is 2.62. The molecule has 1 aromatic carbocycles. The number of nitrogens with one attached hydrogen (secondary N) is 1. The van der Waals surface area contributed by atoms with E-state index in [9.17, 15) is 4.79 Å². The molecule has 0 amide bonds. The van der Waals surface area contributed by atoms with Gasteiger partial charge in [-0.25, -0.2) is 10.2 Å². The van der Waals surface area contributed by atoms with Crippen LogP contribution in [0, 0.1) is 5.41 Å². The molecule has 2 aromatic rings. The maximum atomic E-state index is 10.7. The van der Waals surface area contributed by atoms with Crippen LogP contribution in [0.15, 0.2) is 45.6 Å². The van der Waals surface area contributed by atoms with Gasteiger partial charge in [0.25, 0.3) is 0 Å². The fourth-order valence-electron chi connectivity index (χ4n) is 1.01. The standard InChI is InChI=1S/C9H6O2.CHNS/c10-9-6-5-7-3-1-2-4-8(7)11-9;2-1-3/h1-6H;2H. The topological polar surface area (TPSA) is 54.1 Å². The Balaban J connectivity index is 0.000000293. The van der Waals surface area contributed by atoms with E-state index in [0.717, 1.165) is 5.39 Å². The van der Waals surface area contributed by atoms with E-state index in [1.807, 2.05) is 18.2 Å². The lowest BCUT2D eigenvalue weighted by Crippen LogP contribution is -1.93. The third-order valence-electron chi connectivity index (χ3n) is 1.53. The average Bonchev–Trinajstić information content (AvgIpc) is 2.19. The molecule has 0 atom stereocenters. The molecular weight excluding hydrogens is 198 g/mol. The lowest BCUT2D eigenvalue weighted by atomic mass is 10.2. The van der Waals surface area contributed by atoms with Gasteiger partial charge in [0.2, 0.25) is 0 Å². The molecular formula is C10H7NO2S. The molecule has 14 heavy (non-hydrogen) atoms. The number of hydrogen-bond acceptors (Lipinski definition) is 4. The first-order valence-corrected chi connectivity index (χ1v) is 4.21. The first kappa shape index (κ1) is 10.3. The fraction of sp³-hybridized carbons (Fsp3) is 0. The van der Waals surface area contributed by atoms with Crippen molar-refractivity contribution in [2.24, 2.45) is 0 Å². The van der Waals surface area contributed by atoms with Crippen molar-refractivity contribution in [3.63, 3.8) is 0 Å². The summed E-state index contributed by atoms with van der Waals surface area (Å²) in [7, 11) is 0. The number of hydrogen-bond donors (Lipinski definition) is 1. The van der Waals surface area contributed by atoms with E-state index < -0.39 is 0 Å². The zero-order chi connectivity index (χ0) is 10.4. The highest BCUT2D eigenvalue weighted by Crippen LogP contribution is 2.08. The van der Waals surface area contributed by atoms with E-state index in [-0.39, 0.29) is 5.63 Å². The normalized spacial score (nSPS) is 8.57. The molecule has 0 bridgehead atoms. The molecule has 0 radical (unpaired) electrons. The summed E-state index contributed by atoms with van der Waals surface area (Å²) in [5.41, 5.74) is 0.337. The summed E-state index contributed by atoms with van der Waals surface area (Å²) in [6, 6.07) is 10.6. The highest BCUT2D eigenvalue weighted by atomic mass is 32.1. The number of rotatable bonds is 0. The van der Waals surface area contributed by atoms with Crippen molar-refractivity contribution in [2.75, 3.05) is 0 Å². The van der Waals surface area contributed by atoms with Gasteiger partial charge >= 0.3 is 5.63 Å². The molecule has 0 unspecified atom stereocenters. The Morgan fingerprint density at radius 2 is 1.86 bits per heavy atom. The number of thiocarbonyl (C=S) groups is 1. The summed E-state index contributed by atoms with van der Waals surface area (Å²) in [6.45, 7) is 0. The molecule has 0 aliphatic carbocycles. The van der Waals surface area contributed by atoms with Crippen molar-refractivity contribution in [1.29, 1.82) is 5.41 Å². The first-order valence-electron chi connectivity index (χ1n) is 3.80. The number of fused-ring (bicyclic) bond motifs is 1. The smallest absolute Gasteiger partial charge is 0.336 e. The summed E-state index contributed by atoms with van der Waals surface area (Å²) < 4.78 is 4.91. The molecule has 0 fully saturated rings. The van der Waals surface area contributed by atoms with Crippen molar-refractivity contribution in [3.05, 3.63) is 46.8 Å². The highest BCUT2D eigenvalue weighted by molar-refractivity contribution is 7.78. The van der Waals surface area contributed by atoms with Crippen molar-refractivity contribution < 1.29 is 4.42 Å². The summed E-state index contributed by atoms with van der Waals surface area (Å²) in [6.07, 6.45) is 0. The Kier molecular flexibility index (Phi) is 3.73. The van der Waals surface area contributed by atoms with Crippen LogP contribution in [0.3, 0.4) is 0 Å². The predicted octanol–water partition coefficient (Wildman–Crippen LogP) is 2.46. The van der Waals surface area contributed by atoms with Crippen LogP contribution in [0.25, 0.3) is 11.0 Å². The fourth-order valence-corrected chi connectivity index (χ4v) is 1.01. The van der Waals surface area contributed by atoms with Crippen LogP contribution in [0.1, 0.15) is 0 Å². The molecule has 4 heteroatoms. The lowest BCUT2D eigenvalue weighted by molar-refractivity contribution is 0.561. The molecule has 1 aromatic heterocycles. The monoisotopic (exact) mass is 205 g/mol. The van der Waals surface area contributed by atoms with Gasteiger partial charge in [0, 0.05) is 11.5 Å². The average molecular weight is 205 g/mol. The zero-order valence-electron chi connectivity index (χ0n) is 7.19. The second kappa shape index (κ2) is 5.07. The van der Waals surface area contributed by atoms with Crippen LogP contribution in [0.4, 0.5) is 0 Å². The largest absolute Gasteiger partial charge is 0.423 e. The number of benzene rings is 1. The molecule has 3 nitrogen and oxygen atoms in total. The minimum Gasteiger partial charge on any atom is -0.423 e. The minimum absolute atomic E-state index is 0.302. The van der Waals surface area contributed by atoms with E-state index in [1.165, 1.54) is 6.07 Å². The molecule has 0 saturated carbocycles. The summed E-state index contributed by atoms with van der Waals surface area (Å²) in [5.74, 6) is 0. The third-order valence-corrected chi connectivity index (χ3v) is 1.53. The molecule has 0 aliphatic rings. The second-order valence-corrected chi connectivity index (χ2v) is 2.60. The maximum absolute atomic E-state index is 10.7. The highest BCUT2D eigenvalue weighted by Gasteiger charge is 1.92. The van der Waals surface area contributed by atoms with Gasteiger partial charge in [0.1, 0.15) is 5.58 Å². The molecule has 2 rings (SSSR count). The second-order valence-electron chi connectivity index (χ2n) is 2.39. The zero-order valence-corrected chi connectivity index (χ0v) is 8.01. The minimum atomic E-state index is -0.302. The van der Waals surface area contributed by atoms with Gasteiger partial charge in [-0.05, 0) is 24.4 Å². The van der Waals surface area contributed by atoms with E-state index in [4.69, 9.17) is 9.83 Å². The molecule has 0 saturated heterocycles. The number of isothiocyanates is 1. The van der Waals surface area contributed by atoms with Gasteiger partial charge in [-0.15, -0.1) is 0 Å². The Hall–Kier alpha value is -1.77. The Bertz CT molecular complexity index is 513. The Morgan fingerprint density at radius 3 is 2.57 bits per heavy atom. The summed E-state index contributed by atoms with van der Waals surface area (Å²) in [4.78, 5) is 10.7. The predicted molar refractivity (Wildman–Crippen MR) is 57.8 cm³/mol. The van der Waals surface area contributed by atoms with Crippen LogP contribution in [0.5, 0.6) is 0 Å². The summed E-state index contributed by atoms with van der Waals surface area (Å²) >= 11 is 3.81. The van der Waals surface area contributed by atoms with Gasteiger partial charge in [-0.1, -0.05) is 18.2 Å². The molecule has 1 heterocycles. The van der Waals surface area contributed by atoms with Crippen LogP contribution in [0.2, 0.25) is 0 Å². The van der Waals surface area contributed by atoms with Gasteiger partial charge in [-0.3, -0.25) is 0 Å². The van der Waals surface area contributed by atoms with E-state index in [2.05, 4.69) is 12.2 Å². The molecule has 0 aliphatic heterocycles. The quantitative estimate of drug-likeness (QED) is 0.408. The Morgan fingerprint density at radius 1 is 1.21 bits per heavy atom. The van der Waals surface area contributed by atoms with Gasteiger partial charge in [0.15, 0.2) is 0 Å². The maximum Gasteiger partial charge on any atom is 0.336 e. The SMILES string of the molecule is N=C=S.O=c1ccc2ccccc2o1. The first-order chi connectivity index (χ1) is 6.77. The van der Waals surface area contributed by atoms with Crippen LogP contribution in [-0.4, -0.2) is 5.16 Å². The van der Waals surface area contributed by atoms with E-state index >= 15 is 0 Å². The van der Waals surface area contributed by atoms with Gasteiger partial charge < -0.3 is 4.42 Å². The lowest BCUT2D eigenvalue weighted by Gasteiger charge is -1.91. The molecule has 1 N–H and O–H groups in total. The van der Waals surface area contributed by atoms with Crippen molar-refractivity contribution >= 4 is 28.3 Å². The van der Waals surface area contributed by atoms with Gasteiger partial charge in [-0.2, -0.15) is 0 Å². The van der Waals surface area contributed by atoms with Crippen molar-refractivity contribution in [2.45, 2.75) is 0 Å². The number of para-hydroxylation sites is 1. The van der Waals surface area contributed by atoms with Gasteiger partial charge in [0.05, 0.1) is 5.16 Å². The summed E-state index contributed by atoms with van der Waals surface area (Å²) in [5, 5.41) is 8.31. The Labute approximate surface area is 85.5 Å². The van der Waals surface area contributed by atoms with Crippen molar-refractivity contribution in [1.82, 2.24) is 0 Å². The molecule has 70 valence electrons. The van der Waals surface area contributed by atoms with Crippen LogP contribution >= 0.6 is 12.2 Å². The van der Waals surface area contributed by atoms with Crippen LogP contribution in [-0.2, 0) is 0 Å². The van der Waals surface area contributed by atoms with Crippen molar-refractivity contribution in [3.8, 4) is 0 Å². The van der Waals surface area contributed by atoms with Crippen LogP contribution < -0.4 is 5.63 Å². The van der Waals surface area contributed by atoms with E-state index in [1.54, 1.807) is 17.3 Å². The molecule has 0 spiro atoms. The van der Waals surface area contributed by atoms with E-state index in [0.29, 0.717) is 5.58 Å².